The second kappa shape index (κ2) is 11.2. The van der Waals surface area contributed by atoms with Gasteiger partial charge in [-0.25, -0.2) is 0 Å². The van der Waals surface area contributed by atoms with Crippen LogP contribution >= 0.6 is 23.5 Å². The largest absolute Gasteiger partial charge is 0.355 e. The highest BCUT2D eigenvalue weighted by molar-refractivity contribution is 7.99. The van der Waals surface area contributed by atoms with Crippen molar-refractivity contribution in [1.82, 2.24) is 5.32 Å². The van der Waals surface area contributed by atoms with E-state index >= 15 is 0 Å². The Hall–Kier alpha value is 0.130. The summed E-state index contributed by atoms with van der Waals surface area (Å²) in [7, 11) is 0. The van der Waals surface area contributed by atoms with Gasteiger partial charge in [0, 0.05) is 6.54 Å². The summed E-state index contributed by atoms with van der Waals surface area (Å²) in [5, 5.41) is 2.89. The Morgan fingerprint density at radius 2 is 2.06 bits per heavy atom. The summed E-state index contributed by atoms with van der Waals surface area (Å²) in [6, 6.07) is -0.342. The first kappa shape index (κ1) is 17.1. The lowest BCUT2D eigenvalue weighted by Gasteiger charge is -2.11. The molecule has 0 aromatic carbocycles. The Morgan fingerprint density at radius 3 is 2.65 bits per heavy atom. The molecule has 0 bridgehead atoms. The van der Waals surface area contributed by atoms with Crippen molar-refractivity contribution in [1.29, 1.82) is 0 Å². The molecule has 3 nitrogen and oxygen atoms in total. The minimum Gasteiger partial charge on any atom is -0.355 e. The van der Waals surface area contributed by atoms with E-state index in [4.69, 9.17) is 5.73 Å². The van der Waals surface area contributed by atoms with Gasteiger partial charge in [0.1, 0.15) is 0 Å². The first-order valence-corrected chi connectivity index (χ1v) is 8.72. The van der Waals surface area contributed by atoms with Crippen LogP contribution in [0.1, 0.15) is 26.7 Å². The molecule has 102 valence electrons. The molecule has 1 amide bonds. The van der Waals surface area contributed by atoms with E-state index in [1.165, 1.54) is 5.75 Å². The standard InChI is InChI=1S/C12H26N2OS2/c1-10(2)9-17-7-4-6-14-12(15)11(13)5-8-16-3/h10-11H,4-9,13H2,1-3H3,(H,14,15). The van der Waals surface area contributed by atoms with Crippen LogP contribution in [0.15, 0.2) is 0 Å². The fourth-order valence-corrected chi connectivity index (χ4v) is 2.69. The van der Waals surface area contributed by atoms with Gasteiger partial charge >= 0.3 is 0 Å². The average Bonchev–Trinajstić information content (AvgIpc) is 2.29. The Balaban J connectivity index is 3.38. The maximum absolute atomic E-state index is 11.5. The van der Waals surface area contributed by atoms with Crippen LogP contribution in [-0.4, -0.2) is 42.0 Å². The highest BCUT2D eigenvalue weighted by Gasteiger charge is 2.11. The van der Waals surface area contributed by atoms with Gasteiger partial charge in [0.15, 0.2) is 0 Å². The number of amides is 1. The van der Waals surface area contributed by atoms with Gasteiger partial charge in [0.2, 0.25) is 5.91 Å². The maximum Gasteiger partial charge on any atom is 0.236 e. The highest BCUT2D eigenvalue weighted by Crippen LogP contribution is 2.08. The molecule has 1 unspecified atom stereocenters. The molecule has 17 heavy (non-hydrogen) atoms. The fourth-order valence-electron chi connectivity index (χ4n) is 1.21. The normalized spacial score (nSPS) is 12.8. The van der Waals surface area contributed by atoms with Crippen LogP contribution in [0.4, 0.5) is 0 Å². The highest BCUT2D eigenvalue weighted by atomic mass is 32.2. The lowest BCUT2D eigenvalue weighted by Crippen LogP contribution is -2.41. The zero-order valence-corrected chi connectivity index (χ0v) is 12.8. The molecule has 1 atom stereocenters. The van der Waals surface area contributed by atoms with Crippen LogP contribution in [0.5, 0.6) is 0 Å². The molecule has 0 saturated heterocycles. The predicted molar refractivity (Wildman–Crippen MR) is 80.8 cm³/mol. The SMILES string of the molecule is CSCCC(N)C(=O)NCCCSCC(C)C. The van der Waals surface area contributed by atoms with Gasteiger partial charge in [-0.1, -0.05) is 13.8 Å². The van der Waals surface area contributed by atoms with Crippen LogP contribution in [-0.2, 0) is 4.79 Å². The Bertz CT molecular complexity index is 201. The Labute approximate surface area is 114 Å². The van der Waals surface area contributed by atoms with Gasteiger partial charge in [-0.3, -0.25) is 4.79 Å². The number of hydrogen-bond donors (Lipinski definition) is 2. The van der Waals surface area contributed by atoms with Crippen molar-refractivity contribution in [3.05, 3.63) is 0 Å². The molecule has 0 aliphatic rings. The van der Waals surface area contributed by atoms with Crippen LogP contribution in [0, 0.1) is 5.92 Å². The lowest BCUT2D eigenvalue weighted by molar-refractivity contribution is -0.122. The Morgan fingerprint density at radius 1 is 1.35 bits per heavy atom. The summed E-state index contributed by atoms with van der Waals surface area (Å²) in [6.07, 6.45) is 3.81. The summed E-state index contributed by atoms with van der Waals surface area (Å²) in [6.45, 7) is 5.19. The molecule has 3 N–H and O–H groups in total. The van der Waals surface area contributed by atoms with Crippen LogP contribution in [0.3, 0.4) is 0 Å². The van der Waals surface area contributed by atoms with Gasteiger partial charge in [-0.2, -0.15) is 23.5 Å². The molecule has 0 heterocycles. The molecule has 0 radical (unpaired) electrons. The monoisotopic (exact) mass is 278 g/mol. The molecule has 0 aromatic rings. The first-order valence-electron chi connectivity index (χ1n) is 6.18. The molecule has 0 aromatic heterocycles. The van der Waals surface area contributed by atoms with Crippen LogP contribution < -0.4 is 11.1 Å². The van der Waals surface area contributed by atoms with E-state index in [1.807, 2.05) is 18.0 Å². The Kier molecular flexibility index (Phi) is 11.3. The topological polar surface area (TPSA) is 55.1 Å². The zero-order valence-electron chi connectivity index (χ0n) is 11.2. The van der Waals surface area contributed by atoms with Gasteiger partial charge in [0.05, 0.1) is 6.04 Å². The zero-order chi connectivity index (χ0) is 13.1. The van der Waals surface area contributed by atoms with E-state index in [9.17, 15) is 4.79 Å². The number of hydrogen-bond acceptors (Lipinski definition) is 4. The minimum atomic E-state index is -0.342. The van der Waals surface area contributed by atoms with Crippen molar-refractivity contribution >= 4 is 29.4 Å². The number of nitrogens with two attached hydrogens (primary N) is 1. The number of thioether (sulfide) groups is 2. The predicted octanol–water partition coefficient (Wildman–Crippen LogP) is 1.96. The van der Waals surface area contributed by atoms with E-state index in [1.54, 1.807) is 11.8 Å². The third-order valence-electron chi connectivity index (χ3n) is 2.19. The maximum atomic E-state index is 11.5. The molecule has 0 fully saturated rings. The second-order valence-corrected chi connectivity index (χ2v) is 6.64. The number of carbonyl (C=O) groups excluding carboxylic acids is 1. The van der Waals surface area contributed by atoms with Crippen molar-refractivity contribution in [3.8, 4) is 0 Å². The summed E-state index contributed by atoms with van der Waals surface area (Å²) < 4.78 is 0. The second-order valence-electron chi connectivity index (χ2n) is 4.50. The molecular weight excluding hydrogens is 252 g/mol. The van der Waals surface area contributed by atoms with Crippen molar-refractivity contribution in [2.75, 3.05) is 30.1 Å². The molecule has 0 spiro atoms. The van der Waals surface area contributed by atoms with Gasteiger partial charge in [-0.05, 0) is 42.3 Å². The minimum absolute atomic E-state index is 0.00657. The third kappa shape index (κ3) is 11.0. The molecule has 0 rings (SSSR count). The van der Waals surface area contributed by atoms with E-state index in [-0.39, 0.29) is 11.9 Å². The van der Waals surface area contributed by atoms with Gasteiger partial charge < -0.3 is 11.1 Å². The summed E-state index contributed by atoms with van der Waals surface area (Å²) >= 11 is 3.67. The van der Waals surface area contributed by atoms with Gasteiger partial charge in [0.25, 0.3) is 0 Å². The van der Waals surface area contributed by atoms with Crippen LogP contribution in [0.2, 0.25) is 0 Å². The molecule has 0 aliphatic carbocycles. The van der Waals surface area contributed by atoms with Crippen molar-refractivity contribution in [2.24, 2.45) is 11.7 Å². The molecule has 5 heteroatoms. The van der Waals surface area contributed by atoms with Crippen molar-refractivity contribution < 1.29 is 4.79 Å². The quantitative estimate of drug-likeness (QED) is 0.600. The van der Waals surface area contributed by atoms with Crippen LogP contribution in [0.25, 0.3) is 0 Å². The average molecular weight is 278 g/mol. The van der Waals surface area contributed by atoms with E-state index in [0.717, 1.165) is 36.8 Å². The summed E-state index contributed by atoms with van der Waals surface area (Å²) in [4.78, 5) is 11.5. The van der Waals surface area contributed by atoms with Crippen molar-refractivity contribution in [2.45, 2.75) is 32.7 Å². The summed E-state index contributed by atoms with van der Waals surface area (Å²) in [5.41, 5.74) is 5.75. The lowest BCUT2D eigenvalue weighted by atomic mass is 10.2. The molecule has 0 aliphatic heterocycles. The first-order chi connectivity index (χ1) is 8.07. The molecular formula is C12H26N2OS2. The van der Waals surface area contributed by atoms with Gasteiger partial charge in [-0.15, -0.1) is 0 Å². The summed E-state index contributed by atoms with van der Waals surface area (Å²) in [5.74, 6) is 3.99. The fraction of sp³-hybridized carbons (Fsp3) is 0.917. The van der Waals surface area contributed by atoms with Crippen molar-refractivity contribution in [3.63, 3.8) is 0 Å². The number of carbonyl (C=O) groups is 1. The van der Waals surface area contributed by atoms with E-state index < -0.39 is 0 Å². The van der Waals surface area contributed by atoms with E-state index in [2.05, 4.69) is 19.2 Å². The number of rotatable bonds is 10. The third-order valence-corrected chi connectivity index (χ3v) is 4.31. The number of nitrogens with one attached hydrogen (secondary N) is 1. The molecule has 0 saturated carbocycles. The smallest absolute Gasteiger partial charge is 0.236 e. The van der Waals surface area contributed by atoms with E-state index in [0.29, 0.717) is 0 Å².